The fraction of sp³-hybridized carbons (Fsp3) is 0.368. The van der Waals surface area contributed by atoms with Gasteiger partial charge in [0.1, 0.15) is 0 Å². The van der Waals surface area contributed by atoms with Crippen LogP contribution in [0.5, 0.6) is 0 Å². The third-order valence-corrected chi connectivity index (χ3v) is 4.61. The van der Waals surface area contributed by atoms with Crippen molar-refractivity contribution in [3.8, 4) is 0 Å². The minimum atomic E-state index is -0.393. The van der Waals surface area contributed by atoms with E-state index >= 15 is 0 Å². The zero-order valence-corrected chi connectivity index (χ0v) is 13.3. The Morgan fingerprint density at radius 3 is 2.83 bits per heavy atom. The molecule has 1 fully saturated rings. The Morgan fingerprint density at radius 1 is 1.30 bits per heavy atom. The van der Waals surface area contributed by atoms with Crippen LogP contribution in [-0.4, -0.2) is 25.5 Å². The average molecular weight is 311 g/mol. The lowest BCUT2D eigenvalue weighted by atomic mass is 9.85. The summed E-state index contributed by atoms with van der Waals surface area (Å²) in [5.41, 5.74) is 1.68. The molecule has 0 aliphatic heterocycles. The van der Waals surface area contributed by atoms with E-state index in [-0.39, 0.29) is 18.4 Å². The van der Waals surface area contributed by atoms with E-state index in [0.29, 0.717) is 5.57 Å². The molecule has 0 unspecified atom stereocenters. The molecule has 0 radical (unpaired) electrons. The Kier molecular flexibility index (Phi) is 4.60. The van der Waals surface area contributed by atoms with Gasteiger partial charge >= 0.3 is 5.97 Å². The van der Waals surface area contributed by atoms with Crippen molar-refractivity contribution in [2.45, 2.75) is 25.7 Å². The summed E-state index contributed by atoms with van der Waals surface area (Å²) in [5, 5.41) is 4.77. The number of benzene rings is 1. The summed E-state index contributed by atoms with van der Waals surface area (Å²) in [7, 11) is 1.37. The van der Waals surface area contributed by atoms with Crippen LogP contribution in [0.2, 0.25) is 0 Å². The smallest absolute Gasteiger partial charge is 0.336 e. The normalized spacial score (nSPS) is 17.4. The Balaban J connectivity index is 1.98. The van der Waals surface area contributed by atoms with Crippen LogP contribution in [0.3, 0.4) is 0 Å². The van der Waals surface area contributed by atoms with Crippen molar-refractivity contribution in [2.75, 3.05) is 13.7 Å². The van der Waals surface area contributed by atoms with E-state index in [2.05, 4.69) is 17.5 Å². The first-order valence-electron chi connectivity index (χ1n) is 8.04. The van der Waals surface area contributed by atoms with Gasteiger partial charge in [0.15, 0.2) is 0 Å². The fourth-order valence-corrected chi connectivity index (χ4v) is 3.00. The number of rotatable bonds is 4. The second-order valence-electron chi connectivity index (χ2n) is 5.99. The van der Waals surface area contributed by atoms with E-state index in [9.17, 15) is 9.59 Å². The van der Waals surface area contributed by atoms with Crippen molar-refractivity contribution < 1.29 is 14.3 Å². The quantitative estimate of drug-likeness (QED) is 0.838. The molecule has 0 heterocycles. The van der Waals surface area contributed by atoms with Gasteiger partial charge in [-0.3, -0.25) is 4.79 Å². The fourth-order valence-electron chi connectivity index (χ4n) is 3.00. The maximum Gasteiger partial charge on any atom is 0.336 e. The standard InChI is InChI=1S/C19H21NO3/c1-23-19(22)17(12-20-18(21)14-8-4-9-14)16-11-5-7-13-6-2-3-10-15(13)16/h2-3,5,7,10-11,14H,4,6,8-9,12H2,1H3,(H,20,21)/b17-16-. The molecule has 23 heavy (non-hydrogen) atoms. The van der Waals surface area contributed by atoms with Crippen molar-refractivity contribution in [1.29, 1.82) is 0 Å². The Bertz CT molecular complexity index is 772. The average Bonchev–Trinajstić information content (AvgIpc) is 2.53. The third-order valence-electron chi connectivity index (χ3n) is 4.61. The molecule has 4 heteroatoms. The predicted molar refractivity (Wildman–Crippen MR) is 88.8 cm³/mol. The van der Waals surface area contributed by atoms with Crippen LogP contribution in [0.25, 0.3) is 11.6 Å². The van der Waals surface area contributed by atoms with E-state index in [1.165, 1.54) is 12.7 Å². The number of hydrogen-bond acceptors (Lipinski definition) is 3. The number of fused-ring (bicyclic) bond motifs is 1. The molecular weight excluding hydrogens is 290 g/mol. The molecule has 1 N–H and O–H groups in total. The highest BCUT2D eigenvalue weighted by atomic mass is 16.5. The van der Waals surface area contributed by atoms with Gasteiger partial charge in [-0.05, 0) is 35.3 Å². The van der Waals surface area contributed by atoms with Gasteiger partial charge in [-0.2, -0.15) is 0 Å². The van der Waals surface area contributed by atoms with Crippen molar-refractivity contribution in [3.63, 3.8) is 0 Å². The summed E-state index contributed by atoms with van der Waals surface area (Å²) in [6, 6.07) is 5.91. The number of amides is 1. The monoisotopic (exact) mass is 311 g/mol. The molecule has 3 rings (SSSR count). The van der Waals surface area contributed by atoms with E-state index in [1.54, 1.807) is 0 Å². The lowest BCUT2D eigenvalue weighted by Gasteiger charge is -2.24. The molecule has 2 aliphatic carbocycles. The SMILES string of the molecule is COC(=O)/C(CNC(=O)C1CCC1)=c1/cccc2c1=CC=CC2. The van der Waals surface area contributed by atoms with Gasteiger partial charge in [-0.1, -0.05) is 42.8 Å². The van der Waals surface area contributed by atoms with Crippen LogP contribution in [0.15, 0.2) is 30.4 Å². The molecule has 1 saturated carbocycles. The zero-order chi connectivity index (χ0) is 16.2. The van der Waals surface area contributed by atoms with Gasteiger partial charge < -0.3 is 10.1 Å². The number of ether oxygens (including phenoxy) is 1. The number of carbonyl (C=O) groups is 2. The Labute approximate surface area is 135 Å². The van der Waals surface area contributed by atoms with Gasteiger partial charge in [0, 0.05) is 5.92 Å². The third kappa shape index (κ3) is 3.21. The zero-order valence-electron chi connectivity index (χ0n) is 13.3. The Morgan fingerprint density at radius 2 is 2.13 bits per heavy atom. The second kappa shape index (κ2) is 6.82. The van der Waals surface area contributed by atoms with E-state index in [0.717, 1.165) is 36.1 Å². The van der Waals surface area contributed by atoms with Gasteiger partial charge in [0.2, 0.25) is 5.91 Å². The highest BCUT2D eigenvalue weighted by Gasteiger charge is 2.25. The first-order valence-corrected chi connectivity index (χ1v) is 8.04. The number of esters is 1. The molecule has 0 atom stereocenters. The summed E-state index contributed by atoms with van der Waals surface area (Å²) < 4.78 is 4.93. The van der Waals surface area contributed by atoms with Crippen LogP contribution in [0, 0.1) is 5.92 Å². The minimum Gasteiger partial charge on any atom is -0.466 e. The van der Waals surface area contributed by atoms with Gasteiger partial charge in [0.05, 0.1) is 19.2 Å². The summed E-state index contributed by atoms with van der Waals surface area (Å²) in [6.45, 7) is 0.204. The summed E-state index contributed by atoms with van der Waals surface area (Å²) in [6.07, 6.45) is 9.93. The topological polar surface area (TPSA) is 55.4 Å². The van der Waals surface area contributed by atoms with Crippen LogP contribution < -0.4 is 15.8 Å². The largest absolute Gasteiger partial charge is 0.466 e. The molecule has 0 saturated heterocycles. The molecule has 0 spiro atoms. The molecule has 1 aromatic rings. The molecule has 1 aromatic carbocycles. The van der Waals surface area contributed by atoms with E-state index in [4.69, 9.17) is 4.74 Å². The molecule has 2 aliphatic rings. The second-order valence-corrected chi connectivity index (χ2v) is 5.99. The first kappa shape index (κ1) is 15.5. The highest BCUT2D eigenvalue weighted by Crippen LogP contribution is 2.26. The number of methoxy groups -OCH3 is 1. The number of nitrogens with one attached hydrogen (secondary N) is 1. The van der Waals surface area contributed by atoms with Crippen molar-refractivity contribution in [2.24, 2.45) is 5.92 Å². The maximum atomic E-state index is 12.2. The Hall–Kier alpha value is -2.36. The van der Waals surface area contributed by atoms with Gasteiger partial charge in [-0.15, -0.1) is 0 Å². The molecule has 0 bridgehead atoms. The lowest BCUT2D eigenvalue weighted by Crippen LogP contribution is -2.40. The lowest BCUT2D eigenvalue weighted by molar-refractivity contribution is -0.134. The molecule has 120 valence electrons. The molecule has 0 aromatic heterocycles. The summed E-state index contributed by atoms with van der Waals surface area (Å²) in [4.78, 5) is 24.3. The highest BCUT2D eigenvalue weighted by molar-refractivity contribution is 6.11. The van der Waals surface area contributed by atoms with Crippen LogP contribution in [0.1, 0.15) is 24.8 Å². The van der Waals surface area contributed by atoms with Crippen LogP contribution >= 0.6 is 0 Å². The van der Waals surface area contributed by atoms with Crippen LogP contribution in [0.4, 0.5) is 0 Å². The van der Waals surface area contributed by atoms with Crippen molar-refractivity contribution in [1.82, 2.24) is 5.32 Å². The summed E-state index contributed by atoms with van der Waals surface area (Å²) >= 11 is 0. The molecular formula is C19H21NO3. The van der Waals surface area contributed by atoms with E-state index < -0.39 is 5.97 Å². The van der Waals surface area contributed by atoms with E-state index in [1.807, 2.05) is 24.3 Å². The predicted octanol–water partition coefficient (Wildman–Crippen LogP) is 0.819. The molecule has 4 nitrogen and oxygen atoms in total. The van der Waals surface area contributed by atoms with Crippen molar-refractivity contribution >= 4 is 23.5 Å². The van der Waals surface area contributed by atoms with Crippen LogP contribution in [-0.2, 0) is 20.7 Å². The van der Waals surface area contributed by atoms with Gasteiger partial charge in [-0.25, -0.2) is 4.79 Å². The number of allylic oxidation sites excluding steroid dienone is 2. The van der Waals surface area contributed by atoms with Gasteiger partial charge in [0.25, 0.3) is 0 Å². The first-order chi connectivity index (χ1) is 11.2. The molecule has 1 amide bonds. The number of hydrogen-bond donors (Lipinski definition) is 1. The maximum absolute atomic E-state index is 12.2. The number of carbonyl (C=O) groups excluding carboxylic acids is 2. The minimum absolute atomic E-state index is 0.0336. The summed E-state index contributed by atoms with van der Waals surface area (Å²) in [5.74, 6) is -0.255. The van der Waals surface area contributed by atoms with Crippen molar-refractivity contribution in [3.05, 3.63) is 46.4 Å².